The first-order chi connectivity index (χ1) is 8.75. The van der Waals surface area contributed by atoms with Crippen molar-refractivity contribution < 1.29 is 9.47 Å². The van der Waals surface area contributed by atoms with Crippen LogP contribution in [-0.4, -0.2) is 31.9 Å². The van der Waals surface area contributed by atoms with E-state index in [1.807, 2.05) is 24.3 Å². The quantitative estimate of drug-likeness (QED) is 0.876. The van der Waals surface area contributed by atoms with Gasteiger partial charge in [0.1, 0.15) is 11.9 Å². The molecule has 1 fully saturated rings. The van der Waals surface area contributed by atoms with Gasteiger partial charge in [-0.25, -0.2) is 0 Å². The molecule has 1 heterocycles. The van der Waals surface area contributed by atoms with E-state index in [1.165, 1.54) is 12.8 Å². The highest BCUT2D eigenvalue weighted by Crippen LogP contribution is 2.24. The van der Waals surface area contributed by atoms with Crippen molar-refractivity contribution in [3.63, 3.8) is 0 Å². The SMILES string of the molecule is CC(CNCC1CCCO1)Oc1ccccc1Br. The fraction of sp³-hybridized carbons (Fsp3) is 0.571. The zero-order valence-corrected chi connectivity index (χ0v) is 12.3. The second-order valence-corrected chi connectivity index (χ2v) is 5.51. The van der Waals surface area contributed by atoms with Gasteiger partial charge in [-0.15, -0.1) is 0 Å². The van der Waals surface area contributed by atoms with E-state index in [2.05, 4.69) is 28.2 Å². The van der Waals surface area contributed by atoms with Gasteiger partial charge in [0, 0.05) is 19.7 Å². The van der Waals surface area contributed by atoms with Crippen LogP contribution in [0.2, 0.25) is 0 Å². The number of hydrogen-bond acceptors (Lipinski definition) is 3. The lowest BCUT2D eigenvalue weighted by Crippen LogP contribution is -2.34. The van der Waals surface area contributed by atoms with Crippen LogP contribution < -0.4 is 10.1 Å². The summed E-state index contributed by atoms with van der Waals surface area (Å²) in [6.45, 7) is 4.74. The molecule has 1 N–H and O–H groups in total. The van der Waals surface area contributed by atoms with E-state index in [1.54, 1.807) is 0 Å². The molecule has 1 aliphatic rings. The Labute approximate surface area is 117 Å². The molecular formula is C14H20BrNO2. The summed E-state index contributed by atoms with van der Waals surface area (Å²) in [6.07, 6.45) is 2.90. The number of nitrogens with one attached hydrogen (secondary N) is 1. The van der Waals surface area contributed by atoms with Crippen molar-refractivity contribution in [3.05, 3.63) is 28.7 Å². The molecule has 0 spiro atoms. The average Bonchev–Trinajstić information content (AvgIpc) is 2.85. The minimum absolute atomic E-state index is 0.144. The van der Waals surface area contributed by atoms with Crippen molar-refractivity contribution in [2.75, 3.05) is 19.7 Å². The van der Waals surface area contributed by atoms with Crippen molar-refractivity contribution in [2.45, 2.75) is 32.0 Å². The summed E-state index contributed by atoms with van der Waals surface area (Å²) in [4.78, 5) is 0. The maximum Gasteiger partial charge on any atom is 0.133 e. The fourth-order valence-corrected chi connectivity index (χ4v) is 2.43. The fourth-order valence-electron chi connectivity index (χ4n) is 2.05. The van der Waals surface area contributed by atoms with Gasteiger partial charge in [0.2, 0.25) is 0 Å². The van der Waals surface area contributed by atoms with Gasteiger partial charge >= 0.3 is 0 Å². The zero-order valence-electron chi connectivity index (χ0n) is 10.7. The maximum absolute atomic E-state index is 5.86. The Morgan fingerprint density at radius 2 is 2.33 bits per heavy atom. The normalized spacial score (nSPS) is 20.9. The smallest absolute Gasteiger partial charge is 0.133 e. The van der Waals surface area contributed by atoms with Crippen LogP contribution in [0, 0.1) is 0 Å². The van der Waals surface area contributed by atoms with Crippen molar-refractivity contribution in [3.8, 4) is 5.75 Å². The molecule has 3 nitrogen and oxygen atoms in total. The molecule has 18 heavy (non-hydrogen) atoms. The van der Waals surface area contributed by atoms with E-state index in [4.69, 9.17) is 9.47 Å². The lowest BCUT2D eigenvalue weighted by Gasteiger charge is -2.17. The van der Waals surface area contributed by atoms with Gasteiger partial charge in [-0.3, -0.25) is 0 Å². The molecule has 0 aromatic heterocycles. The molecule has 2 atom stereocenters. The Kier molecular flexibility index (Phi) is 5.47. The monoisotopic (exact) mass is 313 g/mol. The lowest BCUT2D eigenvalue weighted by atomic mass is 10.2. The van der Waals surface area contributed by atoms with Gasteiger partial charge < -0.3 is 14.8 Å². The summed E-state index contributed by atoms with van der Waals surface area (Å²) in [5.74, 6) is 0.893. The van der Waals surface area contributed by atoms with E-state index in [9.17, 15) is 0 Å². The molecule has 0 saturated carbocycles. The summed E-state index contributed by atoms with van der Waals surface area (Å²) in [6, 6.07) is 7.92. The standard InChI is InChI=1S/C14H20BrNO2/c1-11(9-16-10-12-5-4-8-17-12)18-14-7-3-2-6-13(14)15/h2-3,6-7,11-12,16H,4-5,8-10H2,1H3. The van der Waals surface area contributed by atoms with Gasteiger partial charge in [0.15, 0.2) is 0 Å². The molecule has 4 heteroatoms. The van der Waals surface area contributed by atoms with E-state index in [0.717, 1.165) is 29.9 Å². The zero-order chi connectivity index (χ0) is 12.8. The van der Waals surface area contributed by atoms with Crippen molar-refractivity contribution in [1.82, 2.24) is 5.32 Å². The number of para-hydroxylation sites is 1. The van der Waals surface area contributed by atoms with Crippen LogP contribution >= 0.6 is 15.9 Å². The first-order valence-corrected chi connectivity index (χ1v) is 7.28. The second-order valence-electron chi connectivity index (χ2n) is 4.65. The Morgan fingerprint density at radius 3 is 3.06 bits per heavy atom. The molecule has 100 valence electrons. The van der Waals surface area contributed by atoms with Crippen LogP contribution in [0.1, 0.15) is 19.8 Å². The van der Waals surface area contributed by atoms with Gasteiger partial charge in [0.25, 0.3) is 0 Å². The summed E-state index contributed by atoms with van der Waals surface area (Å²) < 4.78 is 12.4. The number of halogens is 1. The number of rotatable bonds is 6. The van der Waals surface area contributed by atoms with Crippen LogP contribution in [-0.2, 0) is 4.74 Å². The van der Waals surface area contributed by atoms with Crippen LogP contribution in [0.25, 0.3) is 0 Å². The number of ether oxygens (including phenoxy) is 2. The largest absolute Gasteiger partial charge is 0.488 e. The highest BCUT2D eigenvalue weighted by molar-refractivity contribution is 9.10. The van der Waals surface area contributed by atoms with E-state index in [0.29, 0.717) is 6.10 Å². The van der Waals surface area contributed by atoms with Crippen molar-refractivity contribution in [1.29, 1.82) is 0 Å². The van der Waals surface area contributed by atoms with Gasteiger partial charge in [-0.1, -0.05) is 12.1 Å². The summed E-state index contributed by atoms with van der Waals surface area (Å²) >= 11 is 3.48. The Bertz CT molecular complexity index is 367. The molecular weight excluding hydrogens is 294 g/mol. The van der Waals surface area contributed by atoms with E-state index < -0.39 is 0 Å². The van der Waals surface area contributed by atoms with Gasteiger partial charge in [0.05, 0.1) is 10.6 Å². The molecule has 1 aromatic carbocycles. The van der Waals surface area contributed by atoms with Crippen LogP contribution in [0.3, 0.4) is 0 Å². The molecule has 1 aliphatic heterocycles. The third-order valence-corrected chi connectivity index (χ3v) is 3.65. The van der Waals surface area contributed by atoms with Crippen molar-refractivity contribution >= 4 is 15.9 Å². The van der Waals surface area contributed by atoms with Crippen LogP contribution in [0.5, 0.6) is 5.75 Å². The summed E-state index contributed by atoms with van der Waals surface area (Å²) in [5, 5.41) is 3.40. The molecule has 0 amide bonds. The molecule has 0 radical (unpaired) electrons. The lowest BCUT2D eigenvalue weighted by molar-refractivity contribution is 0.106. The molecule has 2 rings (SSSR count). The summed E-state index contributed by atoms with van der Waals surface area (Å²) in [5.41, 5.74) is 0. The summed E-state index contributed by atoms with van der Waals surface area (Å²) in [7, 11) is 0. The highest BCUT2D eigenvalue weighted by Gasteiger charge is 2.15. The average molecular weight is 314 g/mol. The maximum atomic E-state index is 5.86. The molecule has 2 unspecified atom stereocenters. The van der Waals surface area contributed by atoms with Crippen LogP contribution in [0.15, 0.2) is 28.7 Å². The Morgan fingerprint density at radius 1 is 1.50 bits per heavy atom. The highest BCUT2D eigenvalue weighted by atomic mass is 79.9. The Balaban J connectivity index is 1.68. The van der Waals surface area contributed by atoms with Gasteiger partial charge in [-0.05, 0) is 47.8 Å². The molecule has 0 aliphatic carbocycles. The number of hydrogen-bond donors (Lipinski definition) is 1. The predicted molar refractivity (Wildman–Crippen MR) is 76.1 cm³/mol. The van der Waals surface area contributed by atoms with Gasteiger partial charge in [-0.2, -0.15) is 0 Å². The topological polar surface area (TPSA) is 30.5 Å². The van der Waals surface area contributed by atoms with E-state index in [-0.39, 0.29) is 6.10 Å². The molecule has 0 bridgehead atoms. The first-order valence-electron chi connectivity index (χ1n) is 6.49. The number of benzene rings is 1. The Hall–Kier alpha value is -0.580. The first kappa shape index (κ1) is 13.8. The molecule has 1 aromatic rings. The predicted octanol–water partition coefficient (Wildman–Crippen LogP) is 2.99. The third-order valence-electron chi connectivity index (χ3n) is 2.99. The second kappa shape index (κ2) is 7.12. The minimum Gasteiger partial charge on any atom is -0.488 e. The van der Waals surface area contributed by atoms with E-state index >= 15 is 0 Å². The molecule has 1 saturated heterocycles. The minimum atomic E-state index is 0.144. The van der Waals surface area contributed by atoms with Crippen LogP contribution in [0.4, 0.5) is 0 Å². The van der Waals surface area contributed by atoms with Crippen molar-refractivity contribution in [2.24, 2.45) is 0 Å². The third kappa shape index (κ3) is 4.26.